The Hall–Kier alpha value is -0.610. The second kappa shape index (κ2) is 5.17. The Morgan fingerprint density at radius 1 is 1.33 bits per heavy atom. The molecule has 3 aliphatic heterocycles. The van der Waals surface area contributed by atoms with Crippen LogP contribution < -0.4 is 15.3 Å². The fourth-order valence-electron chi connectivity index (χ4n) is 4.67. The normalized spacial score (nSPS) is 43.2. The molecule has 2 bridgehead atoms. The molecular weight excluding hydrogens is 228 g/mol. The average molecular weight is 253 g/mol. The van der Waals surface area contributed by atoms with Crippen molar-refractivity contribution in [2.75, 3.05) is 19.6 Å². The number of carbonyl (C=O) groups excluding carboxylic acids is 1. The SMILES string of the molecule is O=C([O-])CCC1[NH2+]CC2CC1C[NH+]1CCCCC21. The zero-order chi connectivity index (χ0) is 12.5. The third kappa shape index (κ3) is 2.41. The Kier molecular flexibility index (Phi) is 3.57. The average Bonchev–Trinajstić information content (AvgIpc) is 2.38. The smallest absolute Gasteiger partial charge is 0.0957 e. The number of aliphatic carboxylic acids is 1. The van der Waals surface area contributed by atoms with Gasteiger partial charge in [0.2, 0.25) is 0 Å². The minimum Gasteiger partial charge on any atom is -0.550 e. The van der Waals surface area contributed by atoms with Crippen molar-refractivity contribution in [3.8, 4) is 0 Å². The number of carbonyl (C=O) groups is 1. The van der Waals surface area contributed by atoms with Crippen LogP contribution in [0.25, 0.3) is 0 Å². The Morgan fingerprint density at radius 3 is 3.06 bits per heavy atom. The van der Waals surface area contributed by atoms with Crippen molar-refractivity contribution < 1.29 is 20.1 Å². The van der Waals surface area contributed by atoms with Gasteiger partial charge in [-0.25, -0.2) is 0 Å². The molecule has 102 valence electrons. The molecule has 4 heteroatoms. The Balaban J connectivity index is 1.62. The summed E-state index contributed by atoms with van der Waals surface area (Å²) in [6.45, 7) is 3.86. The van der Waals surface area contributed by atoms with Gasteiger partial charge in [0.15, 0.2) is 0 Å². The van der Waals surface area contributed by atoms with Gasteiger partial charge in [-0.15, -0.1) is 0 Å². The highest BCUT2D eigenvalue weighted by Crippen LogP contribution is 2.27. The molecule has 0 amide bonds. The van der Waals surface area contributed by atoms with E-state index >= 15 is 0 Å². The van der Waals surface area contributed by atoms with Crippen molar-refractivity contribution in [1.82, 2.24) is 0 Å². The van der Waals surface area contributed by atoms with Crippen molar-refractivity contribution in [3.05, 3.63) is 0 Å². The quantitative estimate of drug-likeness (QED) is 0.586. The molecule has 3 heterocycles. The van der Waals surface area contributed by atoms with Crippen LogP contribution in [0.1, 0.15) is 38.5 Å². The maximum atomic E-state index is 10.6. The van der Waals surface area contributed by atoms with Crippen molar-refractivity contribution >= 4 is 5.97 Å². The van der Waals surface area contributed by atoms with Crippen molar-refractivity contribution in [1.29, 1.82) is 0 Å². The molecule has 3 saturated heterocycles. The first kappa shape index (κ1) is 12.4. The molecule has 0 aromatic carbocycles. The van der Waals surface area contributed by atoms with Crippen molar-refractivity contribution in [2.45, 2.75) is 50.6 Å². The third-order valence-corrected chi connectivity index (χ3v) is 5.52. The summed E-state index contributed by atoms with van der Waals surface area (Å²) in [5.74, 6) is 0.746. The topological polar surface area (TPSA) is 61.2 Å². The standard InChI is InChI=1S/C14H24N2O2/c17-14(18)5-4-12-11-7-10(8-15-12)13-3-1-2-6-16(13)9-11/h10-13,15H,1-9H2,(H,17,18)/p+1. The summed E-state index contributed by atoms with van der Waals surface area (Å²) in [7, 11) is 0. The van der Waals surface area contributed by atoms with E-state index in [4.69, 9.17) is 0 Å². The minimum absolute atomic E-state index is 0.237. The van der Waals surface area contributed by atoms with Crippen LogP contribution in [0.2, 0.25) is 0 Å². The molecule has 4 nitrogen and oxygen atoms in total. The fourth-order valence-corrected chi connectivity index (χ4v) is 4.67. The first-order valence-corrected chi connectivity index (χ1v) is 7.62. The van der Waals surface area contributed by atoms with E-state index in [-0.39, 0.29) is 6.42 Å². The predicted octanol–water partition coefficient (Wildman–Crippen LogP) is -2.46. The largest absolute Gasteiger partial charge is 0.550 e. The molecule has 5 atom stereocenters. The van der Waals surface area contributed by atoms with Crippen LogP contribution in [-0.4, -0.2) is 37.7 Å². The minimum atomic E-state index is -0.885. The van der Waals surface area contributed by atoms with Gasteiger partial charge in [-0.05, 0) is 25.7 Å². The molecule has 18 heavy (non-hydrogen) atoms. The fraction of sp³-hybridized carbons (Fsp3) is 0.929. The molecule has 0 spiro atoms. The number of quaternary nitrogens is 2. The molecule has 3 rings (SSSR count). The van der Waals surface area contributed by atoms with Crippen LogP contribution in [0.4, 0.5) is 0 Å². The van der Waals surface area contributed by atoms with Crippen LogP contribution in [-0.2, 0) is 4.79 Å². The lowest BCUT2D eigenvalue weighted by molar-refractivity contribution is -0.954. The lowest BCUT2D eigenvalue weighted by Gasteiger charge is -2.48. The molecule has 0 aliphatic carbocycles. The maximum absolute atomic E-state index is 10.6. The van der Waals surface area contributed by atoms with Gasteiger partial charge >= 0.3 is 0 Å². The second-order valence-corrected chi connectivity index (χ2v) is 6.52. The number of piperidine rings is 3. The second-order valence-electron chi connectivity index (χ2n) is 6.52. The van der Waals surface area contributed by atoms with Crippen LogP contribution in [0.3, 0.4) is 0 Å². The summed E-state index contributed by atoms with van der Waals surface area (Å²) in [4.78, 5) is 12.4. The van der Waals surface area contributed by atoms with Gasteiger partial charge in [0.25, 0.3) is 0 Å². The highest BCUT2D eigenvalue weighted by atomic mass is 16.4. The lowest BCUT2D eigenvalue weighted by Crippen LogP contribution is -3.21. The third-order valence-electron chi connectivity index (χ3n) is 5.52. The summed E-state index contributed by atoms with van der Waals surface area (Å²) in [5, 5.41) is 13.1. The number of nitrogens with one attached hydrogen (secondary N) is 1. The van der Waals surface area contributed by atoms with Crippen LogP contribution >= 0.6 is 0 Å². The van der Waals surface area contributed by atoms with Gasteiger partial charge < -0.3 is 20.1 Å². The number of nitrogens with two attached hydrogens (primary N) is 1. The predicted molar refractivity (Wildman–Crippen MR) is 64.8 cm³/mol. The number of carboxylic acid groups (broad SMARTS) is 1. The van der Waals surface area contributed by atoms with E-state index in [1.165, 1.54) is 45.3 Å². The van der Waals surface area contributed by atoms with E-state index in [2.05, 4.69) is 5.32 Å². The molecular formula is C14H25N2O2+. The molecule has 0 saturated carbocycles. The Morgan fingerprint density at radius 2 is 2.22 bits per heavy atom. The molecule has 3 aliphatic rings. The lowest BCUT2D eigenvalue weighted by atomic mass is 9.73. The number of fused-ring (bicyclic) bond motifs is 4. The number of hydrogen-bond acceptors (Lipinski definition) is 2. The van der Waals surface area contributed by atoms with Crippen LogP contribution in [0.5, 0.6) is 0 Å². The molecule has 3 fully saturated rings. The van der Waals surface area contributed by atoms with Gasteiger partial charge in [0, 0.05) is 18.8 Å². The monoisotopic (exact) mass is 253 g/mol. The highest BCUT2D eigenvalue weighted by Gasteiger charge is 2.47. The summed E-state index contributed by atoms with van der Waals surface area (Å²) in [6.07, 6.45) is 6.62. The van der Waals surface area contributed by atoms with Gasteiger partial charge in [-0.2, -0.15) is 0 Å². The molecule has 0 aromatic rings. The number of rotatable bonds is 3. The zero-order valence-electron chi connectivity index (χ0n) is 11.1. The van der Waals surface area contributed by atoms with Crippen molar-refractivity contribution in [2.24, 2.45) is 11.8 Å². The summed E-state index contributed by atoms with van der Waals surface area (Å²) < 4.78 is 0. The van der Waals surface area contributed by atoms with Crippen molar-refractivity contribution in [3.63, 3.8) is 0 Å². The number of hydrogen-bond donors (Lipinski definition) is 2. The van der Waals surface area contributed by atoms with E-state index in [9.17, 15) is 9.90 Å². The van der Waals surface area contributed by atoms with E-state index in [1.54, 1.807) is 0 Å². The number of carboxylic acids is 1. The maximum Gasteiger partial charge on any atom is 0.0957 e. The van der Waals surface area contributed by atoms with E-state index < -0.39 is 5.97 Å². The summed E-state index contributed by atoms with van der Waals surface area (Å²) >= 11 is 0. The van der Waals surface area contributed by atoms with Gasteiger partial charge in [0.05, 0.1) is 43.6 Å². The summed E-state index contributed by atoms with van der Waals surface area (Å²) in [6, 6.07) is 1.45. The van der Waals surface area contributed by atoms with Crippen LogP contribution in [0, 0.1) is 11.8 Å². The first-order chi connectivity index (χ1) is 8.74. The van der Waals surface area contributed by atoms with Gasteiger partial charge in [-0.1, -0.05) is 0 Å². The van der Waals surface area contributed by atoms with Gasteiger partial charge in [0.1, 0.15) is 0 Å². The molecule has 0 radical (unpaired) electrons. The van der Waals surface area contributed by atoms with E-state index in [1.807, 2.05) is 4.90 Å². The molecule has 5 unspecified atom stereocenters. The van der Waals surface area contributed by atoms with E-state index in [0.717, 1.165) is 24.3 Å². The molecule has 0 aromatic heterocycles. The van der Waals surface area contributed by atoms with E-state index in [0.29, 0.717) is 6.04 Å². The Bertz CT molecular complexity index is 319. The van der Waals surface area contributed by atoms with Crippen LogP contribution in [0.15, 0.2) is 0 Å². The first-order valence-electron chi connectivity index (χ1n) is 7.62. The summed E-state index contributed by atoms with van der Waals surface area (Å²) in [5.41, 5.74) is 0. The Labute approximate surface area is 109 Å². The molecule has 3 N–H and O–H groups in total. The van der Waals surface area contributed by atoms with Gasteiger partial charge in [-0.3, -0.25) is 0 Å². The zero-order valence-corrected chi connectivity index (χ0v) is 11.1. The highest BCUT2D eigenvalue weighted by molar-refractivity contribution is 5.64.